The van der Waals surface area contributed by atoms with Crippen molar-refractivity contribution in [3.8, 4) is 5.75 Å². The molecule has 1 aromatic carbocycles. The number of nitrogens with zero attached hydrogens (tertiary/aromatic N) is 1. The summed E-state index contributed by atoms with van der Waals surface area (Å²) in [6.45, 7) is 8.71. The Bertz CT molecular complexity index is 387. The van der Waals surface area contributed by atoms with E-state index in [1.165, 1.54) is 49.9 Å². The number of likely N-dealkylation sites (tertiary alicyclic amines) is 1. The Morgan fingerprint density at radius 1 is 1.10 bits per heavy atom. The van der Waals surface area contributed by atoms with Gasteiger partial charge >= 0.3 is 0 Å². The van der Waals surface area contributed by atoms with Gasteiger partial charge in [-0.3, -0.25) is 4.90 Å². The van der Waals surface area contributed by atoms with E-state index in [1.54, 1.807) is 0 Å². The van der Waals surface area contributed by atoms with Gasteiger partial charge in [0, 0.05) is 6.54 Å². The van der Waals surface area contributed by atoms with Crippen LogP contribution in [0.2, 0.25) is 0 Å². The van der Waals surface area contributed by atoms with Crippen molar-refractivity contribution in [2.45, 2.75) is 46.0 Å². The molecule has 1 aromatic rings. The van der Waals surface area contributed by atoms with Crippen LogP contribution < -0.4 is 4.74 Å². The summed E-state index contributed by atoms with van der Waals surface area (Å²) in [5, 5.41) is 0. The van der Waals surface area contributed by atoms with Crippen molar-refractivity contribution >= 4 is 12.4 Å². The predicted octanol–water partition coefficient (Wildman–Crippen LogP) is 4.23. The fourth-order valence-corrected chi connectivity index (χ4v) is 2.83. The summed E-state index contributed by atoms with van der Waals surface area (Å²) >= 11 is 0. The van der Waals surface area contributed by atoms with Crippen molar-refractivity contribution in [1.82, 2.24) is 4.90 Å². The van der Waals surface area contributed by atoms with E-state index in [4.69, 9.17) is 4.74 Å². The third kappa shape index (κ3) is 4.99. The zero-order chi connectivity index (χ0) is 13.5. The maximum atomic E-state index is 6.06. The van der Waals surface area contributed by atoms with Gasteiger partial charge in [0.15, 0.2) is 0 Å². The summed E-state index contributed by atoms with van der Waals surface area (Å²) in [6, 6.07) is 6.44. The Morgan fingerprint density at radius 2 is 1.80 bits per heavy atom. The van der Waals surface area contributed by atoms with Gasteiger partial charge < -0.3 is 4.74 Å². The molecule has 3 heteroatoms. The fraction of sp³-hybridized carbons (Fsp3) is 0.647. The van der Waals surface area contributed by atoms with Crippen LogP contribution in [0.15, 0.2) is 18.2 Å². The molecule has 114 valence electrons. The average molecular weight is 298 g/mol. The van der Waals surface area contributed by atoms with Crippen molar-refractivity contribution in [1.29, 1.82) is 0 Å². The highest BCUT2D eigenvalue weighted by atomic mass is 35.5. The molecule has 1 heterocycles. The Hall–Kier alpha value is -0.730. The highest BCUT2D eigenvalue weighted by Crippen LogP contribution is 2.23. The predicted molar refractivity (Wildman–Crippen MR) is 88.2 cm³/mol. The zero-order valence-electron chi connectivity index (χ0n) is 12.9. The van der Waals surface area contributed by atoms with Gasteiger partial charge in [0.1, 0.15) is 12.4 Å². The molecule has 0 atom stereocenters. The van der Waals surface area contributed by atoms with Crippen LogP contribution in [0.4, 0.5) is 0 Å². The smallest absolute Gasteiger partial charge is 0.125 e. The normalized spacial score (nSPS) is 16.3. The molecule has 20 heavy (non-hydrogen) atoms. The Kier molecular flexibility index (Phi) is 8.01. The van der Waals surface area contributed by atoms with Crippen molar-refractivity contribution in [3.05, 3.63) is 29.3 Å². The molecular formula is C17H28ClNO. The van der Waals surface area contributed by atoms with Gasteiger partial charge in [-0.2, -0.15) is 0 Å². The summed E-state index contributed by atoms with van der Waals surface area (Å²) in [7, 11) is 0. The van der Waals surface area contributed by atoms with Crippen LogP contribution >= 0.6 is 12.4 Å². The Morgan fingerprint density at radius 3 is 2.45 bits per heavy atom. The maximum Gasteiger partial charge on any atom is 0.125 e. The molecule has 0 unspecified atom stereocenters. The van der Waals surface area contributed by atoms with Gasteiger partial charge in [-0.1, -0.05) is 38.0 Å². The van der Waals surface area contributed by atoms with E-state index in [1.807, 2.05) is 0 Å². The maximum absolute atomic E-state index is 6.06. The van der Waals surface area contributed by atoms with E-state index in [2.05, 4.69) is 36.9 Å². The molecule has 0 aromatic heterocycles. The molecule has 0 N–H and O–H groups in total. The van der Waals surface area contributed by atoms with E-state index in [0.29, 0.717) is 0 Å². The van der Waals surface area contributed by atoms with Crippen LogP contribution in [0.3, 0.4) is 0 Å². The van der Waals surface area contributed by atoms with Gasteiger partial charge in [0.25, 0.3) is 0 Å². The standard InChI is InChI=1S/C17H27NO.ClH/c1-3-16-10-8-9-15(2)17(16)19-14-13-18-11-6-4-5-7-12-18;/h8-10H,3-7,11-14H2,1-2H3;1H. The molecule has 1 saturated heterocycles. The third-order valence-electron chi connectivity index (χ3n) is 4.03. The minimum absolute atomic E-state index is 0. The van der Waals surface area contributed by atoms with Crippen molar-refractivity contribution in [2.75, 3.05) is 26.2 Å². The number of aryl methyl sites for hydroxylation is 2. The number of hydrogen-bond acceptors (Lipinski definition) is 2. The topological polar surface area (TPSA) is 12.5 Å². The van der Waals surface area contributed by atoms with Gasteiger partial charge in [-0.15, -0.1) is 12.4 Å². The van der Waals surface area contributed by atoms with E-state index in [0.717, 1.165) is 25.3 Å². The third-order valence-corrected chi connectivity index (χ3v) is 4.03. The van der Waals surface area contributed by atoms with Crippen LogP contribution in [0.5, 0.6) is 5.75 Å². The minimum Gasteiger partial charge on any atom is -0.492 e. The van der Waals surface area contributed by atoms with Crippen LogP contribution in [0.25, 0.3) is 0 Å². The lowest BCUT2D eigenvalue weighted by Crippen LogP contribution is -2.29. The second-order valence-corrected chi connectivity index (χ2v) is 5.52. The molecular weight excluding hydrogens is 270 g/mol. The van der Waals surface area contributed by atoms with Crippen molar-refractivity contribution in [2.24, 2.45) is 0 Å². The van der Waals surface area contributed by atoms with Crippen LogP contribution in [-0.4, -0.2) is 31.1 Å². The number of ether oxygens (including phenoxy) is 1. The molecule has 1 aliphatic heterocycles. The number of para-hydroxylation sites is 1. The summed E-state index contributed by atoms with van der Waals surface area (Å²) < 4.78 is 6.06. The Labute approximate surface area is 129 Å². The van der Waals surface area contributed by atoms with E-state index in [-0.39, 0.29) is 12.4 Å². The molecule has 1 aliphatic rings. The zero-order valence-corrected chi connectivity index (χ0v) is 13.7. The summed E-state index contributed by atoms with van der Waals surface area (Å²) in [5.41, 5.74) is 2.59. The van der Waals surface area contributed by atoms with Crippen LogP contribution in [-0.2, 0) is 6.42 Å². The SMILES string of the molecule is CCc1cccc(C)c1OCCN1CCCCCC1.Cl. The van der Waals surface area contributed by atoms with E-state index >= 15 is 0 Å². The molecule has 0 radical (unpaired) electrons. The number of hydrogen-bond donors (Lipinski definition) is 0. The summed E-state index contributed by atoms with van der Waals surface area (Å²) in [5.74, 6) is 1.11. The summed E-state index contributed by atoms with van der Waals surface area (Å²) in [6.07, 6.45) is 6.54. The molecule has 0 spiro atoms. The van der Waals surface area contributed by atoms with E-state index in [9.17, 15) is 0 Å². The lowest BCUT2D eigenvalue weighted by atomic mass is 10.1. The first kappa shape index (κ1) is 17.3. The number of rotatable bonds is 5. The average Bonchev–Trinajstić information content (AvgIpc) is 2.69. The first-order valence-corrected chi connectivity index (χ1v) is 7.75. The largest absolute Gasteiger partial charge is 0.492 e. The van der Waals surface area contributed by atoms with Crippen LogP contribution in [0, 0.1) is 6.92 Å². The van der Waals surface area contributed by atoms with Gasteiger partial charge in [0.2, 0.25) is 0 Å². The van der Waals surface area contributed by atoms with Crippen LogP contribution in [0.1, 0.15) is 43.7 Å². The van der Waals surface area contributed by atoms with Crippen molar-refractivity contribution in [3.63, 3.8) is 0 Å². The van der Waals surface area contributed by atoms with Gasteiger partial charge in [-0.05, 0) is 50.4 Å². The minimum atomic E-state index is 0. The fourth-order valence-electron chi connectivity index (χ4n) is 2.83. The highest BCUT2D eigenvalue weighted by Gasteiger charge is 2.10. The van der Waals surface area contributed by atoms with Crippen molar-refractivity contribution < 1.29 is 4.74 Å². The second-order valence-electron chi connectivity index (χ2n) is 5.52. The molecule has 1 fully saturated rings. The quantitative estimate of drug-likeness (QED) is 0.806. The highest BCUT2D eigenvalue weighted by molar-refractivity contribution is 5.85. The molecule has 2 nitrogen and oxygen atoms in total. The number of halogens is 1. The summed E-state index contributed by atoms with van der Waals surface area (Å²) in [4.78, 5) is 2.55. The molecule has 0 aliphatic carbocycles. The first-order chi connectivity index (χ1) is 9.31. The first-order valence-electron chi connectivity index (χ1n) is 7.75. The molecule has 0 amide bonds. The monoisotopic (exact) mass is 297 g/mol. The van der Waals surface area contributed by atoms with E-state index < -0.39 is 0 Å². The van der Waals surface area contributed by atoms with Gasteiger partial charge in [-0.25, -0.2) is 0 Å². The lowest BCUT2D eigenvalue weighted by Gasteiger charge is -2.21. The van der Waals surface area contributed by atoms with Gasteiger partial charge in [0.05, 0.1) is 0 Å². The Balaban J connectivity index is 0.00000200. The molecule has 0 bridgehead atoms. The number of benzene rings is 1. The second kappa shape index (κ2) is 9.25. The molecule has 0 saturated carbocycles. The molecule has 2 rings (SSSR count). The lowest BCUT2D eigenvalue weighted by molar-refractivity contribution is 0.212.